The number of hydrogen-bond acceptors (Lipinski definition) is 8. The quantitative estimate of drug-likeness (QED) is 0.249. The Labute approximate surface area is 237 Å². The molecule has 1 saturated heterocycles. The Balaban J connectivity index is 1.49. The van der Waals surface area contributed by atoms with Crippen molar-refractivity contribution in [3.63, 3.8) is 0 Å². The van der Waals surface area contributed by atoms with E-state index < -0.39 is 35.4 Å². The molecule has 0 unspecified atom stereocenters. The lowest BCUT2D eigenvalue weighted by Crippen LogP contribution is -2.55. The van der Waals surface area contributed by atoms with Crippen LogP contribution < -0.4 is 20.7 Å². The monoisotopic (exact) mass is 568 g/mol. The van der Waals surface area contributed by atoms with Crippen molar-refractivity contribution >= 4 is 34.8 Å². The maximum atomic E-state index is 13.6. The zero-order valence-electron chi connectivity index (χ0n) is 23.1. The van der Waals surface area contributed by atoms with Gasteiger partial charge in [-0.3, -0.25) is 19.2 Å². The number of ketones is 1. The highest BCUT2D eigenvalue weighted by atomic mass is 32.1. The van der Waals surface area contributed by atoms with Crippen molar-refractivity contribution in [1.29, 1.82) is 0 Å². The minimum absolute atomic E-state index is 0.148. The minimum atomic E-state index is -1.04. The number of amides is 3. The Hall–Kier alpha value is -3.57. The predicted octanol–water partition coefficient (Wildman–Crippen LogP) is 2.85. The van der Waals surface area contributed by atoms with Crippen LogP contribution in [0.5, 0.6) is 5.75 Å². The maximum absolute atomic E-state index is 13.6. The molecule has 3 N–H and O–H groups in total. The van der Waals surface area contributed by atoms with E-state index in [-0.39, 0.29) is 17.9 Å². The molecule has 2 fully saturated rings. The third-order valence-corrected chi connectivity index (χ3v) is 8.29. The molecule has 0 radical (unpaired) electrons. The van der Waals surface area contributed by atoms with Crippen molar-refractivity contribution in [2.75, 3.05) is 13.7 Å². The lowest BCUT2D eigenvalue weighted by atomic mass is 9.90. The summed E-state index contributed by atoms with van der Waals surface area (Å²) in [7, 11) is 1.56. The van der Waals surface area contributed by atoms with Gasteiger partial charge in [0.15, 0.2) is 5.78 Å². The predicted molar refractivity (Wildman–Crippen MR) is 150 cm³/mol. The number of hydrogen-bond donors (Lipinski definition) is 3. The van der Waals surface area contributed by atoms with Crippen LogP contribution in [0.15, 0.2) is 42.7 Å². The molecule has 10 nitrogen and oxygen atoms in total. The Morgan fingerprint density at radius 2 is 1.82 bits per heavy atom. The molecule has 0 spiro atoms. The number of epoxide rings is 1. The fraction of sp³-hybridized carbons (Fsp3) is 0.483. The van der Waals surface area contributed by atoms with Crippen molar-refractivity contribution in [1.82, 2.24) is 20.9 Å². The first-order chi connectivity index (χ1) is 19.1. The number of methoxy groups -OCH3 is 1. The van der Waals surface area contributed by atoms with Crippen LogP contribution in [-0.4, -0.2) is 59.9 Å². The average molecular weight is 569 g/mol. The second-order valence-corrected chi connectivity index (χ2v) is 11.8. The molecule has 1 aromatic carbocycles. The number of aromatic nitrogens is 1. The molecule has 2 aromatic rings. The van der Waals surface area contributed by atoms with Crippen LogP contribution in [0.4, 0.5) is 0 Å². The number of carbonyl (C=O) groups is 4. The Kier molecular flexibility index (Phi) is 9.36. The van der Waals surface area contributed by atoms with Crippen molar-refractivity contribution in [2.45, 2.75) is 70.1 Å². The molecule has 1 aromatic heterocycles. The van der Waals surface area contributed by atoms with E-state index >= 15 is 0 Å². The van der Waals surface area contributed by atoms with E-state index in [0.717, 1.165) is 31.2 Å². The van der Waals surface area contributed by atoms with Crippen molar-refractivity contribution in [2.24, 2.45) is 5.92 Å². The minimum Gasteiger partial charge on any atom is -0.497 e. The topological polar surface area (TPSA) is 139 Å². The highest BCUT2D eigenvalue weighted by Crippen LogP contribution is 2.33. The Bertz CT molecular complexity index is 1260. The second-order valence-electron chi connectivity index (χ2n) is 10.6. The summed E-state index contributed by atoms with van der Waals surface area (Å²) in [6.45, 7) is 7.52. The maximum Gasteiger partial charge on any atom is 0.267 e. The summed E-state index contributed by atoms with van der Waals surface area (Å²) in [5.41, 5.74) is -0.327. The normalized spacial score (nSPS) is 19.8. The largest absolute Gasteiger partial charge is 0.497 e. The standard InChI is InChI=1S/C29H36N4O6S/c1-17(31-28(37)24-15-30-18(2)40-24)26(35)33-23(14-20-9-11-21(38-4)12-10-20)27(36)32-22(13-19-7-5-6-8-19)25(34)29(3)16-39-29/h9-12,15,19,22-23H,1,5-8,13-14,16H2,2-4H3,(H,31,37)(H,32,36)(H,33,35)/t22-,23-,29+/m0/s1. The fourth-order valence-electron chi connectivity index (χ4n) is 4.88. The molecule has 40 heavy (non-hydrogen) atoms. The van der Waals surface area contributed by atoms with Gasteiger partial charge in [-0.1, -0.05) is 44.4 Å². The van der Waals surface area contributed by atoms with E-state index in [4.69, 9.17) is 9.47 Å². The van der Waals surface area contributed by atoms with E-state index in [1.54, 1.807) is 45.2 Å². The first-order valence-electron chi connectivity index (χ1n) is 13.4. The first-order valence-corrected chi connectivity index (χ1v) is 14.2. The zero-order valence-corrected chi connectivity index (χ0v) is 23.9. The van der Waals surface area contributed by atoms with Crippen LogP contribution in [-0.2, 0) is 25.5 Å². The SMILES string of the molecule is C=C(NC(=O)c1cnc(C)s1)C(=O)N[C@@H](Cc1ccc(OC)cc1)C(=O)N[C@@H](CC1CCCC1)C(=O)[C@@]1(C)CO1. The molecule has 3 atom stereocenters. The summed E-state index contributed by atoms with van der Waals surface area (Å²) in [5, 5.41) is 8.80. The number of ether oxygens (including phenoxy) is 2. The third kappa shape index (κ3) is 7.54. The smallest absolute Gasteiger partial charge is 0.267 e. The highest BCUT2D eigenvalue weighted by Gasteiger charge is 2.50. The summed E-state index contributed by atoms with van der Waals surface area (Å²) < 4.78 is 10.6. The molecule has 214 valence electrons. The van der Waals surface area contributed by atoms with Crippen LogP contribution in [0.2, 0.25) is 0 Å². The van der Waals surface area contributed by atoms with Gasteiger partial charge in [0.1, 0.15) is 22.3 Å². The molecule has 1 aliphatic heterocycles. The van der Waals surface area contributed by atoms with Crippen LogP contribution in [0.1, 0.15) is 59.3 Å². The number of benzene rings is 1. The lowest BCUT2D eigenvalue weighted by Gasteiger charge is -2.26. The first kappa shape index (κ1) is 29.4. The van der Waals surface area contributed by atoms with Crippen molar-refractivity contribution in [3.8, 4) is 5.75 Å². The second kappa shape index (κ2) is 12.7. The summed E-state index contributed by atoms with van der Waals surface area (Å²) in [4.78, 5) is 56.9. The molecule has 3 amide bonds. The van der Waals surface area contributed by atoms with Gasteiger partial charge in [-0.05, 0) is 43.9 Å². The molecule has 1 saturated carbocycles. The lowest BCUT2D eigenvalue weighted by molar-refractivity contribution is -0.132. The molecular formula is C29H36N4O6S. The van der Waals surface area contributed by atoms with Gasteiger partial charge in [-0.2, -0.15) is 0 Å². The molecule has 4 rings (SSSR count). The highest BCUT2D eigenvalue weighted by molar-refractivity contribution is 7.13. The number of rotatable bonds is 13. The number of Topliss-reactive ketones (excluding diaryl/α,β-unsaturated/α-hetero) is 1. The summed E-state index contributed by atoms with van der Waals surface area (Å²) in [6, 6.07) is 5.37. The van der Waals surface area contributed by atoms with E-state index in [1.165, 1.54) is 17.5 Å². The number of thiazole rings is 1. The van der Waals surface area contributed by atoms with Gasteiger partial charge >= 0.3 is 0 Å². The van der Waals surface area contributed by atoms with Gasteiger partial charge in [0.05, 0.1) is 36.7 Å². The molecule has 0 bridgehead atoms. The number of aryl methyl sites for hydroxylation is 1. The Morgan fingerprint density at radius 3 is 2.40 bits per heavy atom. The zero-order chi connectivity index (χ0) is 28.9. The van der Waals surface area contributed by atoms with Crippen molar-refractivity contribution < 1.29 is 28.7 Å². The molecule has 2 aliphatic rings. The number of nitrogens with one attached hydrogen (secondary N) is 3. The van der Waals surface area contributed by atoms with Gasteiger partial charge in [0.2, 0.25) is 5.91 Å². The average Bonchev–Trinajstić information content (AvgIpc) is 3.28. The molecule has 2 heterocycles. The van der Waals surface area contributed by atoms with Gasteiger partial charge in [-0.15, -0.1) is 11.3 Å². The van der Waals surface area contributed by atoms with Gasteiger partial charge in [0.25, 0.3) is 11.8 Å². The number of nitrogens with zero attached hydrogens (tertiary/aromatic N) is 1. The summed E-state index contributed by atoms with van der Waals surface area (Å²) in [5.74, 6) is -0.873. The summed E-state index contributed by atoms with van der Waals surface area (Å²) in [6.07, 6.45) is 6.35. The molecule has 11 heteroatoms. The van der Waals surface area contributed by atoms with Gasteiger partial charge < -0.3 is 25.4 Å². The van der Waals surface area contributed by atoms with E-state index in [0.29, 0.717) is 34.6 Å². The third-order valence-electron chi connectivity index (χ3n) is 7.38. The van der Waals surface area contributed by atoms with Gasteiger partial charge in [0, 0.05) is 6.42 Å². The van der Waals surface area contributed by atoms with Crippen LogP contribution in [0.25, 0.3) is 0 Å². The van der Waals surface area contributed by atoms with E-state index in [9.17, 15) is 19.2 Å². The molecular weight excluding hydrogens is 532 g/mol. The van der Waals surface area contributed by atoms with Gasteiger partial charge in [-0.25, -0.2) is 4.98 Å². The van der Waals surface area contributed by atoms with Crippen LogP contribution in [0, 0.1) is 12.8 Å². The number of carbonyl (C=O) groups excluding carboxylic acids is 4. The van der Waals surface area contributed by atoms with Crippen LogP contribution in [0.3, 0.4) is 0 Å². The van der Waals surface area contributed by atoms with E-state index in [2.05, 4.69) is 27.5 Å². The van der Waals surface area contributed by atoms with Crippen molar-refractivity contribution in [3.05, 3.63) is 58.2 Å². The Morgan fingerprint density at radius 1 is 1.15 bits per heavy atom. The fourth-order valence-corrected chi connectivity index (χ4v) is 5.55. The molecule has 1 aliphatic carbocycles. The summed E-state index contributed by atoms with van der Waals surface area (Å²) >= 11 is 1.19. The van der Waals surface area contributed by atoms with E-state index in [1.807, 2.05) is 0 Å². The van der Waals surface area contributed by atoms with Crippen LogP contribution >= 0.6 is 11.3 Å².